The van der Waals surface area contributed by atoms with Crippen LogP contribution in [0.2, 0.25) is 0 Å². The smallest absolute Gasteiger partial charge is 0.261 e. The van der Waals surface area contributed by atoms with Crippen molar-refractivity contribution in [3.8, 4) is 33.8 Å². The summed E-state index contributed by atoms with van der Waals surface area (Å²) < 4.78 is 27.3. The molecule has 0 aromatic carbocycles. The monoisotopic (exact) mass is 508 g/mol. The van der Waals surface area contributed by atoms with Crippen molar-refractivity contribution >= 4 is 22.1 Å². The van der Waals surface area contributed by atoms with Crippen LogP contribution < -0.4 is 0 Å². The first-order valence-electron chi connectivity index (χ1n) is 12.3. The molecule has 188 valence electrons. The number of rotatable bonds is 5. The molecule has 0 unspecified atom stereocenters. The van der Waals surface area contributed by atoms with Crippen LogP contribution in [-0.4, -0.2) is 59.0 Å². The fourth-order valence-corrected chi connectivity index (χ4v) is 5.10. The number of nitrogens with zero attached hydrogens (tertiary/aromatic N) is 6. The highest BCUT2D eigenvalue weighted by molar-refractivity contribution is 5.99. The molecule has 7 rings (SSSR count). The molecular formula is C28H22F2N8. The Kier molecular flexibility index (Phi) is 5.22. The molecule has 0 amide bonds. The number of aromatic amines is 2. The highest BCUT2D eigenvalue weighted by Crippen LogP contribution is 2.34. The molecule has 1 aliphatic rings. The SMILES string of the molecule is FC1(F)CCN(Cc2cncc(-c3cnc4[nH]nc(-c5cc6c(-c7ccccn7)ccnc6[nH]5)c4c3)c2)C1. The van der Waals surface area contributed by atoms with Crippen molar-refractivity contribution in [2.24, 2.45) is 0 Å². The summed E-state index contributed by atoms with van der Waals surface area (Å²) in [5.41, 5.74) is 7.40. The molecule has 2 N–H and O–H groups in total. The Bertz CT molecular complexity index is 1780. The van der Waals surface area contributed by atoms with Gasteiger partial charge in [-0.05, 0) is 42.0 Å². The van der Waals surface area contributed by atoms with Gasteiger partial charge in [0, 0.05) is 78.0 Å². The van der Waals surface area contributed by atoms with Crippen LogP contribution in [-0.2, 0) is 6.54 Å². The molecule has 0 spiro atoms. The van der Waals surface area contributed by atoms with Gasteiger partial charge >= 0.3 is 0 Å². The summed E-state index contributed by atoms with van der Waals surface area (Å²) >= 11 is 0. The lowest BCUT2D eigenvalue weighted by Crippen LogP contribution is -2.24. The van der Waals surface area contributed by atoms with Gasteiger partial charge in [-0.25, -0.2) is 18.7 Å². The molecule has 7 heterocycles. The summed E-state index contributed by atoms with van der Waals surface area (Å²) in [4.78, 5) is 23.1. The van der Waals surface area contributed by atoms with E-state index in [0.717, 1.165) is 55.8 Å². The summed E-state index contributed by atoms with van der Waals surface area (Å²) in [6.07, 6.45) is 8.69. The van der Waals surface area contributed by atoms with Gasteiger partial charge in [0.05, 0.1) is 17.9 Å². The normalized spacial score (nSPS) is 15.5. The second-order valence-electron chi connectivity index (χ2n) is 9.61. The maximum Gasteiger partial charge on any atom is 0.261 e. The van der Waals surface area contributed by atoms with Crippen molar-refractivity contribution in [1.82, 2.24) is 40.0 Å². The quantitative estimate of drug-likeness (QED) is 0.321. The number of hydrogen-bond donors (Lipinski definition) is 2. The number of nitrogens with one attached hydrogen (secondary N) is 2. The largest absolute Gasteiger partial charge is 0.338 e. The van der Waals surface area contributed by atoms with E-state index in [-0.39, 0.29) is 13.0 Å². The molecule has 0 bridgehead atoms. The summed E-state index contributed by atoms with van der Waals surface area (Å²) in [5.74, 6) is -2.62. The highest BCUT2D eigenvalue weighted by atomic mass is 19.3. The Morgan fingerprint density at radius 3 is 2.66 bits per heavy atom. The van der Waals surface area contributed by atoms with Gasteiger partial charge in [-0.15, -0.1) is 0 Å². The van der Waals surface area contributed by atoms with Gasteiger partial charge in [-0.3, -0.25) is 20.0 Å². The van der Waals surface area contributed by atoms with E-state index in [1.54, 1.807) is 35.9 Å². The molecule has 0 radical (unpaired) electrons. The zero-order valence-corrected chi connectivity index (χ0v) is 20.2. The third-order valence-electron chi connectivity index (χ3n) is 6.93. The standard InChI is InChI=1S/C28H22F2N8/c29-28(30)5-8-38(16-28)15-17-9-18(13-31-12-17)19-10-22-25(36-37-27(22)34-14-19)24-11-21-20(4-7-33-26(21)35-24)23-3-1-2-6-32-23/h1-4,6-7,9-14H,5,8,15-16H2,(H,33,35)(H,34,36,37). The summed E-state index contributed by atoms with van der Waals surface area (Å²) in [7, 11) is 0. The second-order valence-corrected chi connectivity index (χ2v) is 9.61. The number of likely N-dealkylation sites (tertiary alicyclic amines) is 1. The lowest BCUT2D eigenvalue weighted by Gasteiger charge is -2.15. The molecule has 38 heavy (non-hydrogen) atoms. The van der Waals surface area contributed by atoms with Gasteiger partial charge < -0.3 is 4.98 Å². The van der Waals surface area contributed by atoms with E-state index in [0.29, 0.717) is 18.7 Å². The molecule has 10 heteroatoms. The Hall–Kier alpha value is -4.57. The third-order valence-corrected chi connectivity index (χ3v) is 6.93. The van der Waals surface area contributed by atoms with E-state index in [4.69, 9.17) is 0 Å². The van der Waals surface area contributed by atoms with Crippen molar-refractivity contribution in [3.05, 3.63) is 79.0 Å². The molecule has 1 fully saturated rings. The van der Waals surface area contributed by atoms with Crippen LogP contribution in [0, 0.1) is 0 Å². The molecule has 1 aliphatic heterocycles. The number of halogens is 2. The van der Waals surface area contributed by atoms with Gasteiger partial charge in [0.1, 0.15) is 11.3 Å². The molecule has 6 aromatic rings. The lowest BCUT2D eigenvalue weighted by molar-refractivity contribution is 0.0115. The van der Waals surface area contributed by atoms with Crippen molar-refractivity contribution < 1.29 is 8.78 Å². The number of pyridine rings is 4. The second kappa shape index (κ2) is 8.77. The Labute approximate surface area is 215 Å². The number of alkyl halides is 2. The summed E-state index contributed by atoms with van der Waals surface area (Å²) in [5, 5.41) is 9.35. The van der Waals surface area contributed by atoms with E-state index in [9.17, 15) is 8.78 Å². The van der Waals surface area contributed by atoms with Crippen molar-refractivity contribution in [2.75, 3.05) is 13.1 Å². The van der Waals surface area contributed by atoms with Crippen LogP contribution in [0.25, 0.3) is 55.8 Å². The Balaban J connectivity index is 1.24. The average molecular weight is 509 g/mol. The summed E-state index contributed by atoms with van der Waals surface area (Å²) in [6, 6.07) is 13.8. The predicted octanol–water partition coefficient (Wildman–Crippen LogP) is 5.47. The molecule has 1 saturated heterocycles. The van der Waals surface area contributed by atoms with Gasteiger partial charge in [-0.2, -0.15) is 5.10 Å². The van der Waals surface area contributed by atoms with Crippen LogP contribution >= 0.6 is 0 Å². The number of hydrogen-bond acceptors (Lipinski definition) is 6. The molecule has 0 aliphatic carbocycles. The van der Waals surface area contributed by atoms with Crippen molar-refractivity contribution in [2.45, 2.75) is 18.9 Å². The molecule has 0 saturated carbocycles. The number of aromatic nitrogens is 7. The van der Waals surface area contributed by atoms with Crippen LogP contribution in [0.1, 0.15) is 12.0 Å². The Morgan fingerprint density at radius 1 is 0.895 bits per heavy atom. The minimum absolute atomic E-state index is 0.101. The molecule has 8 nitrogen and oxygen atoms in total. The van der Waals surface area contributed by atoms with Crippen LogP contribution in [0.3, 0.4) is 0 Å². The zero-order valence-electron chi connectivity index (χ0n) is 20.2. The van der Waals surface area contributed by atoms with E-state index in [2.05, 4.69) is 35.1 Å². The van der Waals surface area contributed by atoms with E-state index < -0.39 is 5.92 Å². The van der Waals surface area contributed by atoms with Crippen molar-refractivity contribution in [3.63, 3.8) is 0 Å². The topological polar surface area (TPSA) is 99.3 Å². The van der Waals surface area contributed by atoms with E-state index in [1.165, 1.54) is 0 Å². The van der Waals surface area contributed by atoms with Crippen molar-refractivity contribution in [1.29, 1.82) is 0 Å². The van der Waals surface area contributed by atoms with Crippen LogP contribution in [0.15, 0.2) is 73.4 Å². The number of H-pyrrole nitrogens is 2. The maximum atomic E-state index is 13.6. The lowest BCUT2D eigenvalue weighted by atomic mass is 10.1. The first kappa shape index (κ1) is 22.6. The molecule has 6 aromatic heterocycles. The fraction of sp³-hybridized carbons (Fsp3) is 0.179. The van der Waals surface area contributed by atoms with Crippen LogP contribution in [0.5, 0.6) is 0 Å². The first-order chi connectivity index (χ1) is 18.5. The van der Waals surface area contributed by atoms with Crippen LogP contribution in [0.4, 0.5) is 8.78 Å². The minimum Gasteiger partial charge on any atom is -0.338 e. The van der Waals surface area contributed by atoms with Gasteiger partial charge in [0.2, 0.25) is 0 Å². The zero-order chi connectivity index (χ0) is 25.7. The van der Waals surface area contributed by atoms with Gasteiger partial charge in [-0.1, -0.05) is 6.07 Å². The first-order valence-corrected chi connectivity index (χ1v) is 12.3. The Morgan fingerprint density at radius 2 is 1.82 bits per heavy atom. The molecular weight excluding hydrogens is 486 g/mol. The fourth-order valence-electron chi connectivity index (χ4n) is 5.10. The summed E-state index contributed by atoms with van der Waals surface area (Å²) in [6.45, 7) is 0.596. The van der Waals surface area contributed by atoms with E-state index in [1.807, 2.05) is 42.5 Å². The minimum atomic E-state index is -2.62. The third kappa shape index (κ3) is 4.08. The van der Waals surface area contributed by atoms with Gasteiger partial charge in [0.15, 0.2) is 5.65 Å². The highest BCUT2D eigenvalue weighted by Gasteiger charge is 2.37. The van der Waals surface area contributed by atoms with Gasteiger partial charge in [0.25, 0.3) is 5.92 Å². The molecule has 0 atom stereocenters. The predicted molar refractivity (Wildman–Crippen MR) is 140 cm³/mol. The van der Waals surface area contributed by atoms with E-state index >= 15 is 0 Å². The maximum absolute atomic E-state index is 13.6. The average Bonchev–Trinajstić information content (AvgIpc) is 3.64. The number of fused-ring (bicyclic) bond motifs is 2.